The van der Waals surface area contributed by atoms with Gasteiger partial charge in [0.2, 0.25) is 5.89 Å². The van der Waals surface area contributed by atoms with E-state index in [1.165, 1.54) is 11.8 Å². The highest BCUT2D eigenvalue weighted by Gasteiger charge is 2.17. The van der Waals surface area contributed by atoms with Crippen molar-refractivity contribution in [2.45, 2.75) is 24.4 Å². The van der Waals surface area contributed by atoms with Gasteiger partial charge in [-0.25, -0.2) is 9.97 Å². The largest absolute Gasteiger partial charge is 0.496 e. The zero-order valence-corrected chi connectivity index (χ0v) is 18.4. The van der Waals surface area contributed by atoms with E-state index in [9.17, 15) is 4.79 Å². The molecule has 4 rings (SSSR count). The van der Waals surface area contributed by atoms with Crippen LogP contribution in [-0.4, -0.2) is 35.4 Å². The molecule has 160 valence electrons. The molecular formula is C23H23N3O4S. The van der Waals surface area contributed by atoms with E-state index in [1.807, 2.05) is 49.4 Å². The Balaban J connectivity index is 1.65. The van der Waals surface area contributed by atoms with Crippen molar-refractivity contribution in [3.8, 4) is 17.2 Å². The Hall–Kier alpha value is -3.10. The topological polar surface area (TPSA) is 79.4 Å². The van der Waals surface area contributed by atoms with Crippen LogP contribution in [0.2, 0.25) is 0 Å². The second-order valence-electron chi connectivity index (χ2n) is 6.87. The first kappa shape index (κ1) is 21.1. The molecule has 0 radical (unpaired) electrons. The first-order valence-electron chi connectivity index (χ1n) is 9.83. The van der Waals surface area contributed by atoms with E-state index in [4.69, 9.17) is 18.9 Å². The monoisotopic (exact) mass is 437 g/mol. The fraction of sp³-hybridized carbons (Fsp3) is 0.261. The smallest absolute Gasteiger partial charge is 0.262 e. The minimum Gasteiger partial charge on any atom is -0.496 e. The van der Waals surface area contributed by atoms with Crippen molar-refractivity contribution in [3.63, 3.8) is 0 Å². The summed E-state index contributed by atoms with van der Waals surface area (Å²) in [5.41, 5.74) is 2.20. The van der Waals surface area contributed by atoms with Gasteiger partial charge in [-0.2, -0.15) is 0 Å². The Morgan fingerprint density at radius 1 is 1.06 bits per heavy atom. The van der Waals surface area contributed by atoms with Gasteiger partial charge >= 0.3 is 0 Å². The number of rotatable bonds is 8. The lowest BCUT2D eigenvalue weighted by Crippen LogP contribution is -2.25. The van der Waals surface area contributed by atoms with Crippen molar-refractivity contribution in [3.05, 3.63) is 70.3 Å². The number of methoxy groups -OCH3 is 2. The maximum absolute atomic E-state index is 13.0. The second-order valence-corrected chi connectivity index (χ2v) is 7.81. The van der Waals surface area contributed by atoms with Crippen molar-refractivity contribution in [2.24, 2.45) is 0 Å². The summed E-state index contributed by atoms with van der Waals surface area (Å²) in [5.74, 6) is 2.45. The van der Waals surface area contributed by atoms with E-state index in [0.717, 1.165) is 17.0 Å². The van der Waals surface area contributed by atoms with Crippen LogP contribution >= 0.6 is 11.8 Å². The Morgan fingerprint density at radius 2 is 1.84 bits per heavy atom. The first-order chi connectivity index (χ1) is 15.1. The van der Waals surface area contributed by atoms with Gasteiger partial charge in [-0.3, -0.25) is 9.36 Å². The van der Waals surface area contributed by atoms with Gasteiger partial charge in [-0.1, -0.05) is 36.0 Å². The van der Waals surface area contributed by atoms with Crippen molar-refractivity contribution < 1.29 is 13.9 Å². The third-order valence-electron chi connectivity index (χ3n) is 4.91. The molecular weight excluding hydrogens is 414 g/mol. The van der Waals surface area contributed by atoms with Gasteiger partial charge in [0.1, 0.15) is 11.5 Å². The molecule has 8 heteroatoms. The Bertz CT molecular complexity index is 1270. The maximum Gasteiger partial charge on any atom is 0.262 e. The number of benzene rings is 2. The van der Waals surface area contributed by atoms with E-state index >= 15 is 0 Å². The van der Waals surface area contributed by atoms with Crippen molar-refractivity contribution in [1.82, 2.24) is 14.5 Å². The molecule has 0 amide bonds. The van der Waals surface area contributed by atoms with Gasteiger partial charge < -0.3 is 13.9 Å². The molecule has 0 spiro atoms. The lowest BCUT2D eigenvalue weighted by Gasteiger charge is -2.12. The van der Waals surface area contributed by atoms with Gasteiger partial charge in [0.25, 0.3) is 5.56 Å². The highest BCUT2D eigenvalue weighted by Crippen LogP contribution is 2.32. The lowest BCUT2D eigenvalue weighted by atomic mass is 10.2. The predicted octanol–water partition coefficient (Wildman–Crippen LogP) is 4.31. The van der Waals surface area contributed by atoms with Gasteiger partial charge in [-0.15, -0.1) is 0 Å². The predicted molar refractivity (Wildman–Crippen MR) is 121 cm³/mol. The minimum absolute atomic E-state index is 0.0725. The molecule has 0 fully saturated rings. The number of nitrogens with zero attached hydrogens (tertiary/aromatic N) is 3. The first-order valence-corrected chi connectivity index (χ1v) is 10.8. The maximum atomic E-state index is 13.0. The number of oxazole rings is 1. The van der Waals surface area contributed by atoms with E-state index in [2.05, 4.69) is 4.98 Å². The molecule has 2 heterocycles. The molecule has 0 aliphatic rings. The molecule has 2 aromatic carbocycles. The number of thioether (sulfide) groups is 1. The summed E-state index contributed by atoms with van der Waals surface area (Å²) in [6, 6.07) is 15.0. The van der Waals surface area contributed by atoms with Crippen LogP contribution in [0.4, 0.5) is 0 Å². The summed E-state index contributed by atoms with van der Waals surface area (Å²) in [6.07, 6.45) is 0. The molecule has 4 aromatic rings. The third-order valence-corrected chi connectivity index (χ3v) is 5.90. The van der Waals surface area contributed by atoms with Crippen LogP contribution in [0.5, 0.6) is 5.75 Å². The van der Waals surface area contributed by atoms with Crippen LogP contribution in [0.1, 0.15) is 11.5 Å². The molecule has 31 heavy (non-hydrogen) atoms. The molecule has 2 aromatic heterocycles. The Kier molecular flexibility index (Phi) is 6.39. The molecule has 0 aliphatic carbocycles. The van der Waals surface area contributed by atoms with E-state index in [0.29, 0.717) is 46.6 Å². The van der Waals surface area contributed by atoms with E-state index in [1.54, 1.807) is 24.9 Å². The van der Waals surface area contributed by atoms with Crippen LogP contribution in [0, 0.1) is 6.92 Å². The van der Waals surface area contributed by atoms with Gasteiger partial charge in [0.05, 0.1) is 42.4 Å². The van der Waals surface area contributed by atoms with Crippen molar-refractivity contribution in [2.75, 3.05) is 20.8 Å². The molecule has 7 nitrogen and oxygen atoms in total. The standard InChI is InChI=1S/C23H23N3O4S/c1-15-19(24-21(30-15)17-9-5-7-11-20(17)29-3)14-31-23-25-18-10-6-4-8-16(18)22(27)26(23)12-13-28-2/h4-11H,12-14H2,1-3H3. The summed E-state index contributed by atoms with van der Waals surface area (Å²) < 4.78 is 18.2. The second kappa shape index (κ2) is 9.36. The third kappa shape index (κ3) is 4.35. The number of hydrogen-bond acceptors (Lipinski definition) is 7. The average molecular weight is 438 g/mol. The molecule has 0 aliphatic heterocycles. The van der Waals surface area contributed by atoms with Crippen LogP contribution in [0.3, 0.4) is 0 Å². The number of aryl methyl sites for hydroxylation is 1. The Labute approximate surface area is 184 Å². The molecule has 0 N–H and O–H groups in total. The van der Waals surface area contributed by atoms with Crippen LogP contribution in [0.25, 0.3) is 22.4 Å². The van der Waals surface area contributed by atoms with E-state index < -0.39 is 0 Å². The molecule has 0 bridgehead atoms. The zero-order valence-electron chi connectivity index (χ0n) is 17.6. The average Bonchev–Trinajstić information content (AvgIpc) is 3.17. The number of hydrogen-bond donors (Lipinski definition) is 0. The molecule has 0 saturated heterocycles. The quantitative estimate of drug-likeness (QED) is 0.300. The SMILES string of the molecule is COCCn1c(SCc2nc(-c3ccccc3OC)oc2C)nc2ccccc2c1=O. The highest BCUT2D eigenvalue weighted by molar-refractivity contribution is 7.98. The number of ether oxygens (including phenoxy) is 2. The molecule has 0 saturated carbocycles. The van der Waals surface area contributed by atoms with Gasteiger partial charge in [-0.05, 0) is 31.2 Å². The van der Waals surface area contributed by atoms with Crippen LogP contribution < -0.4 is 10.3 Å². The fourth-order valence-electron chi connectivity index (χ4n) is 3.27. The van der Waals surface area contributed by atoms with Crippen molar-refractivity contribution in [1.29, 1.82) is 0 Å². The normalized spacial score (nSPS) is 11.2. The minimum atomic E-state index is -0.0725. The summed E-state index contributed by atoms with van der Waals surface area (Å²) in [7, 11) is 3.24. The fourth-order valence-corrected chi connectivity index (χ4v) is 4.30. The van der Waals surface area contributed by atoms with Crippen LogP contribution in [-0.2, 0) is 17.0 Å². The van der Waals surface area contributed by atoms with Gasteiger partial charge in [0, 0.05) is 12.9 Å². The number of para-hydroxylation sites is 2. The number of fused-ring (bicyclic) bond motifs is 1. The van der Waals surface area contributed by atoms with Crippen LogP contribution in [0.15, 0.2) is 62.9 Å². The number of aromatic nitrogens is 3. The summed E-state index contributed by atoms with van der Waals surface area (Å²) >= 11 is 1.45. The lowest BCUT2D eigenvalue weighted by molar-refractivity contribution is 0.183. The molecule has 0 atom stereocenters. The summed E-state index contributed by atoms with van der Waals surface area (Å²) in [4.78, 5) is 22.4. The summed E-state index contributed by atoms with van der Waals surface area (Å²) in [6.45, 7) is 2.74. The van der Waals surface area contributed by atoms with E-state index in [-0.39, 0.29) is 5.56 Å². The Morgan fingerprint density at radius 3 is 2.65 bits per heavy atom. The summed E-state index contributed by atoms with van der Waals surface area (Å²) in [5, 5.41) is 1.22. The van der Waals surface area contributed by atoms with Crippen molar-refractivity contribution >= 4 is 22.7 Å². The molecule has 0 unspecified atom stereocenters. The van der Waals surface area contributed by atoms with Gasteiger partial charge in [0.15, 0.2) is 5.16 Å². The zero-order chi connectivity index (χ0) is 21.8. The highest BCUT2D eigenvalue weighted by atomic mass is 32.2.